The van der Waals surface area contributed by atoms with Gasteiger partial charge >= 0.3 is 0 Å². The summed E-state index contributed by atoms with van der Waals surface area (Å²) in [5.41, 5.74) is 2.47. The van der Waals surface area contributed by atoms with Gasteiger partial charge in [0.05, 0.1) is 18.8 Å². The zero-order valence-corrected chi connectivity index (χ0v) is 16.1. The molecule has 0 saturated heterocycles. The van der Waals surface area contributed by atoms with E-state index in [-0.39, 0.29) is 12.4 Å². The first-order valence-corrected chi connectivity index (χ1v) is 8.98. The Balaban J connectivity index is 1.92. The Morgan fingerprint density at radius 2 is 2.00 bits per heavy atom. The predicted molar refractivity (Wildman–Crippen MR) is 104 cm³/mol. The highest BCUT2D eigenvalue weighted by Gasteiger charge is 2.07. The van der Waals surface area contributed by atoms with Crippen LogP contribution in [0.3, 0.4) is 0 Å². The first kappa shape index (κ1) is 20.6. The number of pyridine rings is 1. The van der Waals surface area contributed by atoms with Crippen molar-refractivity contribution >= 4 is 5.96 Å². The number of guanidine groups is 1. The van der Waals surface area contributed by atoms with Crippen molar-refractivity contribution in [1.82, 2.24) is 15.6 Å². The molecule has 0 atom stereocenters. The molecular formula is C20H27FN4O2. The van der Waals surface area contributed by atoms with Crippen molar-refractivity contribution in [2.75, 3.05) is 26.9 Å². The summed E-state index contributed by atoms with van der Waals surface area (Å²) in [5, 5.41) is 6.28. The molecule has 0 bridgehead atoms. The fourth-order valence-electron chi connectivity index (χ4n) is 2.41. The number of halogens is 1. The number of nitrogens with zero attached hydrogens (tertiary/aromatic N) is 2. The molecule has 0 saturated carbocycles. The summed E-state index contributed by atoms with van der Waals surface area (Å²) in [7, 11) is 1.67. The van der Waals surface area contributed by atoms with Gasteiger partial charge in [0.25, 0.3) is 0 Å². The monoisotopic (exact) mass is 374 g/mol. The second-order valence-corrected chi connectivity index (χ2v) is 5.87. The average Bonchev–Trinajstić information content (AvgIpc) is 2.68. The molecule has 0 aliphatic carbocycles. The van der Waals surface area contributed by atoms with Crippen molar-refractivity contribution in [1.29, 1.82) is 0 Å². The van der Waals surface area contributed by atoms with Crippen molar-refractivity contribution < 1.29 is 13.9 Å². The minimum absolute atomic E-state index is 0.248. The van der Waals surface area contributed by atoms with E-state index in [1.54, 1.807) is 19.3 Å². The van der Waals surface area contributed by atoms with Gasteiger partial charge in [-0.25, -0.2) is 4.39 Å². The number of rotatable bonds is 9. The Labute approximate surface area is 159 Å². The van der Waals surface area contributed by atoms with Crippen LogP contribution in [0.15, 0.2) is 41.5 Å². The lowest BCUT2D eigenvalue weighted by atomic mass is 10.1. The third-order valence-corrected chi connectivity index (χ3v) is 3.84. The topological polar surface area (TPSA) is 67.8 Å². The Morgan fingerprint density at radius 3 is 2.74 bits per heavy atom. The average molecular weight is 374 g/mol. The molecule has 6 nitrogen and oxygen atoms in total. The second kappa shape index (κ2) is 11.1. The molecule has 2 rings (SSSR count). The largest absolute Gasteiger partial charge is 0.491 e. The van der Waals surface area contributed by atoms with E-state index in [2.05, 4.69) is 20.6 Å². The van der Waals surface area contributed by atoms with Gasteiger partial charge in [-0.15, -0.1) is 0 Å². The van der Waals surface area contributed by atoms with Crippen molar-refractivity contribution in [2.24, 2.45) is 4.99 Å². The molecule has 0 aliphatic heterocycles. The van der Waals surface area contributed by atoms with Crippen LogP contribution >= 0.6 is 0 Å². The Kier molecular flexibility index (Phi) is 8.51. The van der Waals surface area contributed by atoms with Crippen molar-refractivity contribution in [3.63, 3.8) is 0 Å². The zero-order chi connectivity index (χ0) is 19.5. The number of hydrogen-bond acceptors (Lipinski definition) is 4. The minimum Gasteiger partial charge on any atom is -0.491 e. The molecule has 0 fully saturated rings. The maximum absolute atomic E-state index is 13.7. The SMILES string of the molecule is CCOCCOc1cc(C)ccc1CNC(=NC)NCc1ncccc1F. The molecule has 2 aromatic rings. The highest BCUT2D eigenvalue weighted by atomic mass is 19.1. The fourth-order valence-corrected chi connectivity index (χ4v) is 2.41. The number of nitrogens with one attached hydrogen (secondary N) is 2. The van der Waals surface area contributed by atoms with E-state index >= 15 is 0 Å². The minimum atomic E-state index is -0.344. The summed E-state index contributed by atoms with van der Waals surface area (Å²) in [6, 6.07) is 9.01. The van der Waals surface area contributed by atoms with E-state index in [9.17, 15) is 4.39 Å². The molecule has 0 aliphatic rings. The molecule has 0 amide bonds. The van der Waals surface area contributed by atoms with Crippen LogP contribution in [0.2, 0.25) is 0 Å². The van der Waals surface area contributed by atoms with Crippen LogP contribution < -0.4 is 15.4 Å². The van der Waals surface area contributed by atoms with E-state index in [0.29, 0.717) is 38.0 Å². The van der Waals surface area contributed by atoms with Gasteiger partial charge in [-0.05, 0) is 37.6 Å². The van der Waals surface area contributed by atoms with Crippen LogP contribution in [0.25, 0.3) is 0 Å². The number of ether oxygens (including phenoxy) is 2. The van der Waals surface area contributed by atoms with Crippen LogP contribution in [0.4, 0.5) is 4.39 Å². The molecule has 2 N–H and O–H groups in total. The number of aromatic nitrogens is 1. The fraction of sp³-hybridized carbons (Fsp3) is 0.400. The smallest absolute Gasteiger partial charge is 0.191 e. The molecule has 0 radical (unpaired) electrons. The van der Waals surface area contributed by atoms with Crippen LogP contribution in [0.5, 0.6) is 5.75 Å². The summed E-state index contributed by atoms with van der Waals surface area (Å²) in [4.78, 5) is 8.19. The summed E-state index contributed by atoms with van der Waals surface area (Å²) in [6.07, 6.45) is 1.56. The summed E-state index contributed by atoms with van der Waals surface area (Å²) >= 11 is 0. The van der Waals surface area contributed by atoms with Crippen molar-refractivity contribution in [2.45, 2.75) is 26.9 Å². The van der Waals surface area contributed by atoms with E-state index in [0.717, 1.165) is 16.9 Å². The Bertz CT molecular complexity index is 753. The lowest BCUT2D eigenvalue weighted by molar-refractivity contribution is 0.110. The third-order valence-electron chi connectivity index (χ3n) is 3.84. The Morgan fingerprint density at radius 1 is 1.19 bits per heavy atom. The van der Waals surface area contributed by atoms with Crippen LogP contribution in [0.1, 0.15) is 23.7 Å². The van der Waals surface area contributed by atoms with E-state index < -0.39 is 0 Å². The zero-order valence-electron chi connectivity index (χ0n) is 16.1. The number of hydrogen-bond donors (Lipinski definition) is 2. The van der Waals surface area contributed by atoms with E-state index in [4.69, 9.17) is 9.47 Å². The third kappa shape index (κ3) is 6.86. The lowest BCUT2D eigenvalue weighted by Gasteiger charge is -2.15. The van der Waals surface area contributed by atoms with Crippen molar-refractivity contribution in [3.05, 3.63) is 59.2 Å². The summed E-state index contributed by atoms with van der Waals surface area (Å²) < 4.78 is 24.8. The molecule has 1 heterocycles. The lowest BCUT2D eigenvalue weighted by Crippen LogP contribution is -2.36. The first-order valence-electron chi connectivity index (χ1n) is 8.98. The van der Waals surface area contributed by atoms with Gasteiger partial charge in [-0.3, -0.25) is 9.98 Å². The van der Waals surface area contributed by atoms with Crippen LogP contribution in [-0.2, 0) is 17.8 Å². The highest BCUT2D eigenvalue weighted by molar-refractivity contribution is 5.79. The van der Waals surface area contributed by atoms with Crippen LogP contribution in [-0.4, -0.2) is 37.8 Å². The number of benzene rings is 1. The number of aliphatic imine (C=N–C) groups is 1. The first-order chi connectivity index (χ1) is 13.1. The standard InChI is InChI=1S/C20H27FN4O2/c1-4-26-10-11-27-19-12-15(2)7-8-16(19)13-24-20(22-3)25-14-18-17(21)6-5-9-23-18/h5-9,12H,4,10-11,13-14H2,1-3H3,(H2,22,24,25). The highest BCUT2D eigenvalue weighted by Crippen LogP contribution is 2.20. The quantitative estimate of drug-likeness (QED) is 0.401. The normalized spacial score (nSPS) is 11.3. The van der Waals surface area contributed by atoms with Crippen LogP contribution in [0, 0.1) is 12.7 Å². The van der Waals surface area contributed by atoms with Gasteiger partial charge in [0.15, 0.2) is 5.96 Å². The van der Waals surface area contributed by atoms with Gasteiger partial charge in [0.2, 0.25) is 0 Å². The number of aryl methyl sites for hydroxylation is 1. The summed E-state index contributed by atoms with van der Waals surface area (Å²) in [6.45, 7) is 6.47. The molecule has 0 spiro atoms. The van der Waals surface area contributed by atoms with Gasteiger partial charge in [0.1, 0.15) is 18.2 Å². The summed E-state index contributed by atoms with van der Waals surface area (Å²) in [5.74, 6) is 1.03. The van der Waals surface area contributed by atoms with E-state index in [1.165, 1.54) is 6.07 Å². The second-order valence-electron chi connectivity index (χ2n) is 5.87. The van der Waals surface area contributed by atoms with Gasteiger partial charge in [-0.1, -0.05) is 12.1 Å². The Hall–Kier alpha value is -2.67. The molecule has 1 aromatic heterocycles. The molecule has 27 heavy (non-hydrogen) atoms. The van der Waals surface area contributed by atoms with Gasteiger partial charge in [0, 0.05) is 32.0 Å². The van der Waals surface area contributed by atoms with Crippen molar-refractivity contribution in [3.8, 4) is 5.75 Å². The molecule has 1 aromatic carbocycles. The van der Waals surface area contributed by atoms with Gasteiger partial charge < -0.3 is 20.1 Å². The van der Waals surface area contributed by atoms with Gasteiger partial charge in [-0.2, -0.15) is 0 Å². The van der Waals surface area contributed by atoms with E-state index in [1.807, 2.05) is 32.0 Å². The predicted octanol–water partition coefficient (Wildman–Crippen LogP) is 2.81. The molecule has 0 unspecified atom stereocenters. The molecule has 146 valence electrons. The maximum atomic E-state index is 13.7. The molecular weight excluding hydrogens is 347 g/mol. The maximum Gasteiger partial charge on any atom is 0.191 e. The molecule has 7 heteroatoms.